The molecule has 0 atom stereocenters. The van der Waals surface area contributed by atoms with Gasteiger partial charge in [-0.15, -0.1) is 10.2 Å². The van der Waals surface area contributed by atoms with Crippen LogP contribution in [0.3, 0.4) is 0 Å². The normalized spacial score (nSPS) is 11.0. The van der Waals surface area contributed by atoms with E-state index < -0.39 is 0 Å². The smallest absolute Gasteiger partial charge is 0.237 e. The third-order valence-corrected chi connectivity index (χ3v) is 4.42. The molecule has 8 nitrogen and oxygen atoms in total. The lowest BCUT2D eigenvalue weighted by molar-refractivity contribution is -0.118. The van der Waals surface area contributed by atoms with Gasteiger partial charge in [-0.25, -0.2) is 4.39 Å². The largest absolute Gasteiger partial charge is 0.370 e. The van der Waals surface area contributed by atoms with Crippen LogP contribution in [0.2, 0.25) is 0 Å². The fourth-order valence-electron chi connectivity index (χ4n) is 2.08. The molecule has 0 radical (unpaired) electrons. The van der Waals surface area contributed by atoms with Crippen LogP contribution in [0.25, 0.3) is 11.4 Å². The van der Waals surface area contributed by atoms with Crippen LogP contribution < -0.4 is 5.73 Å². The molecule has 3 rings (SSSR count). The van der Waals surface area contributed by atoms with E-state index in [2.05, 4.69) is 20.3 Å². The maximum Gasteiger partial charge on any atom is 0.237 e. The van der Waals surface area contributed by atoms with Gasteiger partial charge in [0.15, 0.2) is 5.16 Å². The van der Waals surface area contributed by atoms with Gasteiger partial charge in [0.25, 0.3) is 0 Å². The van der Waals surface area contributed by atoms with Crippen LogP contribution in [-0.2, 0) is 24.0 Å². The summed E-state index contributed by atoms with van der Waals surface area (Å²) in [5.74, 6) is 1.21. The lowest BCUT2D eigenvalue weighted by Gasteiger charge is -2.01. The van der Waals surface area contributed by atoms with Gasteiger partial charge in [-0.3, -0.25) is 4.79 Å². The summed E-state index contributed by atoms with van der Waals surface area (Å²) in [7, 11) is 1.82. The number of carbonyl (C=O) groups is 1. The van der Waals surface area contributed by atoms with Crippen molar-refractivity contribution in [1.29, 1.82) is 0 Å². The highest BCUT2D eigenvalue weighted by atomic mass is 32.2. The number of hydrogen-bond donors (Lipinski definition) is 1. The molecule has 2 heterocycles. The summed E-state index contributed by atoms with van der Waals surface area (Å²) in [5, 5.41) is 12.7. The minimum atomic E-state index is -0.378. The van der Waals surface area contributed by atoms with Crippen molar-refractivity contribution in [3.63, 3.8) is 0 Å². The molecule has 0 aliphatic carbocycles. The topological polar surface area (TPSA) is 113 Å². The predicted molar refractivity (Wildman–Crippen MR) is 87.8 cm³/mol. The molecule has 1 amide bonds. The molecule has 0 spiro atoms. The van der Waals surface area contributed by atoms with Crippen molar-refractivity contribution in [3.05, 3.63) is 41.8 Å². The summed E-state index contributed by atoms with van der Waals surface area (Å²) in [6.45, 7) is 0. The highest BCUT2D eigenvalue weighted by Crippen LogP contribution is 2.22. The van der Waals surface area contributed by atoms with E-state index in [0.717, 1.165) is 0 Å². The first-order valence-electron chi connectivity index (χ1n) is 7.41. The van der Waals surface area contributed by atoms with E-state index >= 15 is 0 Å². The van der Waals surface area contributed by atoms with E-state index in [0.29, 0.717) is 40.4 Å². The van der Waals surface area contributed by atoms with E-state index in [4.69, 9.17) is 10.3 Å². The highest BCUT2D eigenvalue weighted by molar-refractivity contribution is 7.98. The fraction of sp³-hybridized carbons (Fsp3) is 0.267. The number of aryl methyl sites for hydroxylation is 1. The zero-order valence-electron chi connectivity index (χ0n) is 13.3. The van der Waals surface area contributed by atoms with E-state index in [9.17, 15) is 9.18 Å². The molecule has 0 bridgehead atoms. The van der Waals surface area contributed by atoms with Gasteiger partial charge in [0.2, 0.25) is 17.6 Å². The lowest BCUT2D eigenvalue weighted by Crippen LogP contribution is -2.12. The second-order valence-electron chi connectivity index (χ2n) is 5.23. The Bertz CT molecular complexity index is 877. The van der Waals surface area contributed by atoms with Gasteiger partial charge in [0.1, 0.15) is 11.6 Å². The van der Waals surface area contributed by atoms with Crippen LogP contribution in [0.1, 0.15) is 18.1 Å². The number of thioether (sulfide) groups is 1. The Morgan fingerprint density at radius 1 is 1.32 bits per heavy atom. The van der Waals surface area contributed by atoms with Crippen LogP contribution in [0.15, 0.2) is 33.9 Å². The van der Waals surface area contributed by atoms with Crippen molar-refractivity contribution in [3.8, 4) is 11.4 Å². The number of benzene rings is 1. The van der Waals surface area contributed by atoms with Gasteiger partial charge in [0.05, 0.1) is 5.75 Å². The summed E-state index contributed by atoms with van der Waals surface area (Å²) in [6.07, 6.45) is 0.663. The molecular formula is C15H15FN6O2S. The van der Waals surface area contributed by atoms with Crippen molar-refractivity contribution in [2.45, 2.75) is 23.8 Å². The predicted octanol–water partition coefficient (Wildman–Crippen LogP) is 1.71. The molecule has 130 valence electrons. The average molecular weight is 362 g/mol. The number of primary amides is 1. The number of amides is 1. The number of nitrogens with zero attached hydrogens (tertiary/aromatic N) is 5. The molecule has 25 heavy (non-hydrogen) atoms. The van der Waals surface area contributed by atoms with E-state index in [-0.39, 0.29) is 18.1 Å². The van der Waals surface area contributed by atoms with Gasteiger partial charge in [-0.2, -0.15) is 4.98 Å². The minimum absolute atomic E-state index is 0.224. The number of nitrogens with two attached hydrogens (primary N) is 1. The fourth-order valence-corrected chi connectivity index (χ4v) is 2.85. The molecule has 0 aliphatic rings. The molecule has 10 heteroatoms. The quantitative estimate of drug-likeness (QED) is 0.637. The Morgan fingerprint density at radius 2 is 2.08 bits per heavy atom. The summed E-state index contributed by atoms with van der Waals surface area (Å²) in [5.41, 5.74) is 5.82. The third kappa shape index (κ3) is 4.21. The Kier molecular flexibility index (Phi) is 5.08. The van der Waals surface area contributed by atoms with Gasteiger partial charge < -0.3 is 14.8 Å². The van der Waals surface area contributed by atoms with E-state index in [1.807, 2.05) is 7.05 Å². The molecule has 0 aliphatic heterocycles. The first kappa shape index (κ1) is 17.1. The van der Waals surface area contributed by atoms with E-state index in [1.165, 1.54) is 23.9 Å². The average Bonchev–Trinajstić information content (AvgIpc) is 3.19. The molecule has 0 saturated carbocycles. The van der Waals surface area contributed by atoms with E-state index in [1.54, 1.807) is 16.7 Å². The molecule has 1 aromatic carbocycles. The number of hydrogen-bond acceptors (Lipinski definition) is 7. The van der Waals surface area contributed by atoms with Gasteiger partial charge in [-0.05, 0) is 24.3 Å². The molecule has 0 saturated heterocycles. The Balaban J connectivity index is 1.63. The first-order chi connectivity index (χ1) is 12.0. The number of aromatic nitrogens is 5. The van der Waals surface area contributed by atoms with Gasteiger partial charge in [-0.1, -0.05) is 16.9 Å². The molecular weight excluding hydrogens is 347 g/mol. The maximum absolute atomic E-state index is 12.9. The summed E-state index contributed by atoms with van der Waals surface area (Å²) >= 11 is 1.38. The summed E-state index contributed by atoms with van der Waals surface area (Å²) < 4.78 is 19.9. The summed E-state index contributed by atoms with van der Waals surface area (Å²) in [6, 6.07) is 5.86. The SMILES string of the molecule is Cn1c(CCC(N)=O)nnc1SCc1nc(-c2ccc(F)cc2)no1. The first-order valence-corrected chi connectivity index (χ1v) is 8.39. The molecule has 0 unspecified atom stereocenters. The monoisotopic (exact) mass is 362 g/mol. The molecule has 0 fully saturated rings. The van der Waals surface area contributed by atoms with Crippen LogP contribution in [0.4, 0.5) is 4.39 Å². The van der Waals surface area contributed by atoms with Crippen LogP contribution in [0.5, 0.6) is 0 Å². The molecule has 2 aromatic heterocycles. The number of carbonyl (C=O) groups excluding carboxylic acids is 1. The summed E-state index contributed by atoms with van der Waals surface area (Å²) in [4.78, 5) is 15.1. The second-order valence-corrected chi connectivity index (χ2v) is 6.17. The lowest BCUT2D eigenvalue weighted by atomic mass is 10.2. The van der Waals surface area contributed by atoms with Crippen LogP contribution in [-0.4, -0.2) is 30.8 Å². The Hall–Kier alpha value is -2.75. The number of halogens is 1. The second kappa shape index (κ2) is 7.43. The highest BCUT2D eigenvalue weighted by Gasteiger charge is 2.13. The zero-order chi connectivity index (χ0) is 17.8. The Morgan fingerprint density at radius 3 is 2.80 bits per heavy atom. The van der Waals surface area contributed by atoms with Crippen LogP contribution >= 0.6 is 11.8 Å². The number of rotatable bonds is 7. The van der Waals surface area contributed by atoms with Crippen LogP contribution in [0, 0.1) is 5.82 Å². The molecule has 3 aromatic rings. The van der Waals surface area contributed by atoms with Crippen molar-refractivity contribution in [2.75, 3.05) is 0 Å². The van der Waals surface area contributed by atoms with Crippen molar-refractivity contribution >= 4 is 17.7 Å². The third-order valence-electron chi connectivity index (χ3n) is 3.42. The van der Waals surface area contributed by atoms with Crippen molar-refractivity contribution in [1.82, 2.24) is 24.9 Å². The maximum atomic E-state index is 12.9. The van der Waals surface area contributed by atoms with Crippen molar-refractivity contribution < 1.29 is 13.7 Å². The standard InChI is InChI=1S/C15H15FN6O2S/c1-22-12(7-6-11(17)23)19-20-15(22)25-8-13-18-14(21-24-13)9-2-4-10(16)5-3-9/h2-5H,6-8H2,1H3,(H2,17,23). The minimum Gasteiger partial charge on any atom is -0.370 e. The van der Waals surface area contributed by atoms with Gasteiger partial charge >= 0.3 is 0 Å². The zero-order valence-corrected chi connectivity index (χ0v) is 14.2. The molecule has 2 N–H and O–H groups in total. The van der Waals surface area contributed by atoms with Crippen molar-refractivity contribution in [2.24, 2.45) is 12.8 Å². The van der Waals surface area contributed by atoms with Gasteiger partial charge in [0, 0.05) is 25.5 Å². The Labute approximate surface area is 146 Å².